The van der Waals surface area contributed by atoms with Gasteiger partial charge in [0.25, 0.3) is 0 Å². The van der Waals surface area contributed by atoms with Gasteiger partial charge in [0.2, 0.25) is 0 Å². The summed E-state index contributed by atoms with van der Waals surface area (Å²) in [5, 5.41) is 8.30. The summed E-state index contributed by atoms with van der Waals surface area (Å²) in [4.78, 5) is 4.58. The normalized spacial score (nSPS) is 21.3. The molecule has 1 fully saturated rings. The molecule has 0 aliphatic carbocycles. The summed E-state index contributed by atoms with van der Waals surface area (Å²) in [5.41, 5.74) is 0.974. The predicted octanol–water partition coefficient (Wildman–Crippen LogP) is 0.925. The van der Waals surface area contributed by atoms with E-state index in [4.69, 9.17) is 0 Å². The first-order chi connectivity index (χ1) is 7.16. The molecule has 4 heteroatoms. The van der Waals surface area contributed by atoms with Crippen molar-refractivity contribution in [2.45, 2.75) is 19.4 Å². The SMILES string of the molecule is Cc1ccc(N2CCC(N(C)C)C2)nn1. The number of hydrogen-bond donors (Lipinski definition) is 0. The first-order valence-electron chi connectivity index (χ1n) is 5.38. The Labute approximate surface area is 90.9 Å². The number of anilines is 1. The second-order valence-electron chi connectivity index (χ2n) is 4.39. The van der Waals surface area contributed by atoms with Crippen LogP contribution in [0.25, 0.3) is 0 Å². The third-order valence-electron chi connectivity index (χ3n) is 3.00. The van der Waals surface area contributed by atoms with Gasteiger partial charge in [0, 0.05) is 19.1 Å². The van der Waals surface area contributed by atoms with Gasteiger partial charge in [-0.1, -0.05) is 0 Å². The summed E-state index contributed by atoms with van der Waals surface area (Å²) in [5.74, 6) is 1.00. The van der Waals surface area contributed by atoms with Crippen LogP contribution in [0, 0.1) is 6.92 Å². The lowest BCUT2D eigenvalue weighted by Crippen LogP contribution is -2.31. The fourth-order valence-electron chi connectivity index (χ4n) is 1.93. The third-order valence-corrected chi connectivity index (χ3v) is 3.00. The zero-order valence-corrected chi connectivity index (χ0v) is 9.64. The Kier molecular flexibility index (Phi) is 2.86. The zero-order chi connectivity index (χ0) is 10.8. The third kappa shape index (κ3) is 2.26. The lowest BCUT2D eigenvalue weighted by Gasteiger charge is -2.20. The van der Waals surface area contributed by atoms with Crippen LogP contribution in [0.4, 0.5) is 5.82 Å². The predicted molar refractivity (Wildman–Crippen MR) is 61.1 cm³/mol. The van der Waals surface area contributed by atoms with E-state index in [9.17, 15) is 0 Å². The minimum absolute atomic E-state index is 0.646. The van der Waals surface area contributed by atoms with Crippen LogP contribution in [0.5, 0.6) is 0 Å². The smallest absolute Gasteiger partial charge is 0.151 e. The van der Waals surface area contributed by atoms with E-state index in [1.165, 1.54) is 6.42 Å². The topological polar surface area (TPSA) is 32.3 Å². The van der Waals surface area contributed by atoms with Gasteiger partial charge >= 0.3 is 0 Å². The molecule has 0 spiro atoms. The number of rotatable bonds is 2. The van der Waals surface area contributed by atoms with Crippen molar-refractivity contribution in [1.29, 1.82) is 0 Å². The molecule has 2 heterocycles. The van der Waals surface area contributed by atoms with Crippen LogP contribution in [0.3, 0.4) is 0 Å². The van der Waals surface area contributed by atoms with Gasteiger partial charge in [-0.25, -0.2) is 0 Å². The summed E-state index contributed by atoms with van der Waals surface area (Å²) < 4.78 is 0. The molecule has 0 amide bonds. The van der Waals surface area contributed by atoms with Crippen LogP contribution in [0.1, 0.15) is 12.1 Å². The highest BCUT2D eigenvalue weighted by atomic mass is 15.3. The summed E-state index contributed by atoms with van der Waals surface area (Å²) in [6.45, 7) is 4.11. The first-order valence-corrected chi connectivity index (χ1v) is 5.38. The molecule has 1 atom stereocenters. The molecular formula is C11H18N4. The van der Waals surface area contributed by atoms with Gasteiger partial charge in [-0.3, -0.25) is 0 Å². The van der Waals surface area contributed by atoms with Gasteiger partial charge in [-0.05, 0) is 39.6 Å². The van der Waals surface area contributed by atoms with Gasteiger partial charge in [0.05, 0.1) is 5.69 Å². The van der Waals surface area contributed by atoms with Crippen molar-refractivity contribution in [2.24, 2.45) is 0 Å². The second kappa shape index (κ2) is 4.14. The lowest BCUT2D eigenvalue weighted by atomic mass is 10.2. The monoisotopic (exact) mass is 206 g/mol. The van der Waals surface area contributed by atoms with Crippen molar-refractivity contribution >= 4 is 5.82 Å². The van der Waals surface area contributed by atoms with Crippen LogP contribution in [-0.2, 0) is 0 Å². The number of aromatic nitrogens is 2. The van der Waals surface area contributed by atoms with E-state index in [0.717, 1.165) is 24.6 Å². The minimum atomic E-state index is 0.646. The molecule has 1 aliphatic rings. The Morgan fingerprint density at radius 3 is 2.67 bits per heavy atom. The van der Waals surface area contributed by atoms with E-state index in [1.54, 1.807) is 0 Å². The fourth-order valence-corrected chi connectivity index (χ4v) is 1.93. The molecule has 0 saturated carbocycles. The molecule has 0 aromatic carbocycles. The van der Waals surface area contributed by atoms with Crippen molar-refractivity contribution in [3.8, 4) is 0 Å². The Bertz CT molecular complexity index is 320. The molecule has 82 valence electrons. The summed E-state index contributed by atoms with van der Waals surface area (Å²) in [7, 11) is 4.27. The van der Waals surface area contributed by atoms with E-state index in [2.05, 4.69) is 40.2 Å². The zero-order valence-electron chi connectivity index (χ0n) is 9.64. The fraction of sp³-hybridized carbons (Fsp3) is 0.636. The van der Waals surface area contributed by atoms with Crippen LogP contribution in [-0.4, -0.2) is 48.3 Å². The quantitative estimate of drug-likeness (QED) is 0.720. The molecule has 1 saturated heterocycles. The molecule has 2 rings (SSSR count). The summed E-state index contributed by atoms with van der Waals surface area (Å²) in [6.07, 6.45) is 1.21. The van der Waals surface area contributed by atoms with Crippen LogP contribution in [0.2, 0.25) is 0 Å². The highest BCUT2D eigenvalue weighted by molar-refractivity contribution is 5.38. The van der Waals surface area contributed by atoms with Gasteiger partial charge < -0.3 is 9.80 Å². The Hall–Kier alpha value is -1.16. The molecule has 0 radical (unpaired) electrons. The van der Waals surface area contributed by atoms with E-state index in [-0.39, 0.29) is 0 Å². The van der Waals surface area contributed by atoms with Crippen molar-refractivity contribution in [3.63, 3.8) is 0 Å². The first kappa shape index (κ1) is 10.4. The van der Waals surface area contributed by atoms with Gasteiger partial charge in [0.1, 0.15) is 0 Å². The molecule has 1 aliphatic heterocycles. The van der Waals surface area contributed by atoms with E-state index in [1.807, 2.05) is 13.0 Å². The van der Waals surface area contributed by atoms with E-state index < -0.39 is 0 Å². The van der Waals surface area contributed by atoms with E-state index >= 15 is 0 Å². The maximum absolute atomic E-state index is 4.21. The highest BCUT2D eigenvalue weighted by Gasteiger charge is 2.24. The van der Waals surface area contributed by atoms with Gasteiger partial charge in [-0.15, -0.1) is 5.10 Å². The van der Waals surface area contributed by atoms with Crippen molar-refractivity contribution in [3.05, 3.63) is 17.8 Å². The van der Waals surface area contributed by atoms with Gasteiger partial charge in [-0.2, -0.15) is 5.10 Å². The average molecular weight is 206 g/mol. The van der Waals surface area contributed by atoms with Crippen LogP contribution < -0.4 is 4.90 Å². The second-order valence-corrected chi connectivity index (χ2v) is 4.39. The van der Waals surface area contributed by atoms with Gasteiger partial charge in [0.15, 0.2) is 5.82 Å². The lowest BCUT2D eigenvalue weighted by molar-refractivity contribution is 0.315. The average Bonchev–Trinajstić information content (AvgIpc) is 2.68. The van der Waals surface area contributed by atoms with E-state index in [0.29, 0.717) is 6.04 Å². The molecule has 0 bridgehead atoms. The molecule has 15 heavy (non-hydrogen) atoms. The molecule has 1 unspecified atom stereocenters. The van der Waals surface area contributed by atoms with Crippen molar-refractivity contribution < 1.29 is 0 Å². The number of hydrogen-bond acceptors (Lipinski definition) is 4. The molecule has 4 nitrogen and oxygen atoms in total. The summed E-state index contributed by atoms with van der Waals surface area (Å²) >= 11 is 0. The maximum atomic E-state index is 4.21. The molecule has 0 N–H and O–H groups in total. The number of nitrogens with zero attached hydrogens (tertiary/aromatic N) is 4. The van der Waals surface area contributed by atoms with Crippen molar-refractivity contribution in [1.82, 2.24) is 15.1 Å². The molecular weight excluding hydrogens is 188 g/mol. The van der Waals surface area contributed by atoms with Crippen molar-refractivity contribution in [2.75, 3.05) is 32.1 Å². The minimum Gasteiger partial charge on any atom is -0.354 e. The number of likely N-dealkylation sites (N-methyl/N-ethyl adjacent to an activating group) is 1. The molecule has 1 aromatic rings. The Morgan fingerprint density at radius 1 is 1.33 bits per heavy atom. The molecule has 1 aromatic heterocycles. The Balaban J connectivity index is 2.04. The number of aryl methyl sites for hydroxylation is 1. The van der Waals surface area contributed by atoms with Crippen LogP contribution in [0.15, 0.2) is 12.1 Å². The van der Waals surface area contributed by atoms with Crippen LogP contribution >= 0.6 is 0 Å². The maximum Gasteiger partial charge on any atom is 0.151 e. The standard InChI is InChI=1S/C11H18N4/c1-9-4-5-11(13-12-9)15-7-6-10(8-15)14(2)3/h4-5,10H,6-8H2,1-3H3. The highest BCUT2D eigenvalue weighted by Crippen LogP contribution is 2.19. The Morgan fingerprint density at radius 2 is 2.13 bits per heavy atom. The largest absolute Gasteiger partial charge is 0.354 e. The summed E-state index contributed by atoms with van der Waals surface area (Å²) in [6, 6.07) is 4.72.